The summed E-state index contributed by atoms with van der Waals surface area (Å²) in [6.45, 7) is 6.17. The van der Waals surface area contributed by atoms with Crippen molar-refractivity contribution in [3.05, 3.63) is 35.4 Å². The third-order valence-corrected chi connectivity index (χ3v) is 3.84. The summed E-state index contributed by atoms with van der Waals surface area (Å²) < 4.78 is 5.71. The van der Waals surface area contributed by atoms with E-state index in [0.29, 0.717) is 0 Å². The minimum Gasteiger partial charge on any atom is -0.460 e. The van der Waals surface area contributed by atoms with Crippen molar-refractivity contribution in [2.75, 3.05) is 0 Å². The number of ether oxygens (including phenoxy) is 1. The van der Waals surface area contributed by atoms with E-state index in [-0.39, 0.29) is 10.6 Å². The van der Waals surface area contributed by atoms with Crippen molar-refractivity contribution in [2.24, 2.45) is 4.99 Å². The Labute approximate surface area is 98.5 Å². The molecule has 80 valence electrons. The molecule has 2 nitrogen and oxygen atoms in total. The van der Waals surface area contributed by atoms with Gasteiger partial charge in [0, 0.05) is 5.56 Å². The number of rotatable bonds is 1. The Balaban J connectivity index is 2.39. The fourth-order valence-electron chi connectivity index (χ4n) is 1.52. The van der Waals surface area contributed by atoms with Crippen LogP contribution in [0.2, 0.25) is 0 Å². The first-order valence-corrected chi connectivity index (χ1v) is 5.89. The molecule has 1 heterocycles. The van der Waals surface area contributed by atoms with E-state index in [9.17, 15) is 0 Å². The average molecular weight is 268 g/mol. The third kappa shape index (κ3) is 1.93. The van der Waals surface area contributed by atoms with E-state index >= 15 is 0 Å². The molecule has 1 aliphatic heterocycles. The Morgan fingerprint density at radius 1 is 1.33 bits per heavy atom. The highest BCUT2D eigenvalue weighted by Crippen LogP contribution is 2.31. The maximum absolute atomic E-state index is 5.71. The van der Waals surface area contributed by atoms with Gasteiger partial charge in [-0.05, 0) is 48.3 Å². The van der Waals surface area contributed by atoms with Crippen molar-refractivity contribution in [3.63, 3.8) is 0 Å². The zero-order valence-corrected chi connectivity index (χ0v) is 10.7. The van der Waals surface area contributed by atoms with Crippen LogP contribution in [0.5, 0.6) is 0 Å². The second-order valence-corrected chi connectivity index (χ2v) is 5.15. The van der Waals surface area contributed by atoms with Gasteiger partial charge in [0.15, 0.2) is 5.01 Å². The van der Waals surface area contributed by atoms with E-state index in [2.05, 4.69) is 47.8 Å². The number of aryl methyl sites for hydroxylation is 1. The number of alkyl halides is 1. The van der Waals surface area contributed by atoms with Gasteiger partial charge in [0.25, 0.3) is 0 Å². The fraction of sp³-hybridized carbons (Fsp3) is 0.417. The van der Waals surface area contributed by atoms with Gasteiger partial charge in [-0.15, -0.1) is 0 Å². The lowest BCUT2D eigenvalue weighted by Gasteiger charge is -2.16. The zero-order valence-electron chi connectivity index (χ0n) is 9.12. The van der Waals surface area contributed by atoms with Crippen LogP contribution in [-0.4, -0.2) is 16.4 Å². The van der Waals surface area contributed by atoms with E-state index < -0.39 is 0 Å². The number of benzene rings is 1. The van der Waals surface area contributed by atoms with Gasteiger partial charge >= 0.3 is 0 Å². The van der Waals surface area contributed by atoms with Crippen LogP contribution in [0, 0.1) is 6.92 Å². The molecule has 0 aliphatic carbocycles. The summed E-state index contributed by atoms with van der Waals surface area (Å²) in [4.78, 5) is 4.58. The number of aliphatic imine (C=N–C) groups is 1. The first-order valence-electron chi connectivity index (χ1n) is 4.97. The Morgan fingerprint density at radius 2 is 2.00 bits per heavy atom. The molecule has 2 rings (SSSR count). The molecule has 0 N–H and O–H groups in total. The summed E-state index contributed by atoms with van der Waals surface area (Å²) in [5, 5.41) is -0.0420. The van der Waals surface area contributed by atoms with Crippen LogP contribution in [0.15, 0.2) is 29.3 Å². The fourth-order valence-corrected chi connectivity index (χ4v) is 1.80. The summed E-state index contributed by atoms with van der Waals surface area (Å²) in [6.07, 6.45) is 0. The summed E-state index contributed by atoms with van der Waals surface area (Å²) >= 11 is 3.49. The molecule has 0 fully saturated rings. The maximum Gasteiger partial charge on any atom is 0.218 e. The zero-order chi connectivity index (χ0) is 11.1. The summed E-state index contributed by atoms with van der Waals surface area (Å²) in [5.74, 6) is 0.736. The highest BCUT2D eigenvalue weighted by molar-refractivity contribution is 9.09. The van der Waals surface area contributed by atoms with Gasteiger partial charge < -0.3 is 4.74 Å². The van der Waals surface area contributed by atoms with Crippen molar-refractivity contribution in [1.82, 2.24) is 0 Å². The van der Waals surface area contributed by atoms with Gasteiger partial charge in [0.05, 0.1) is 0 Å². The lowest BCUT2D eigenvalue weighted by Crippen LogP contribution is -2.25. The predicted molar refractivity (Wildman–Crippen MR) is 65.6 cm³/mol. The highest BCUT2D eigenvalue weighted by Gasteiger charge is 2.36. The first-order chi connectivity index (χ1) is 7.00. The third-order valence-electron chi connectivity index (χ3n) is 2.54. The second-order valence-electron chi connectivity index (χ2n) is 4.32. The van der Waals surface area contributed by atoms with Gasteiger partial charge in [-0.1, -0.05) is 18.2 Å². The number of hydrogen-bond donors (Lipinski definition) is 0. The molecular formula is C12H14BrNO. The molecule has 0 amide bonds. The molecule has 0 spiro atoms. The predicted octanol–water partition coefficient (Wildman–Crippen LogP) is 3.27. The molecule has 1 aromatic carbocycles. The highest BCUT2D eigenvalue weighted by atomic mass is 79.9. The van der Waals surface area contributed by atoms with E-state index in [0.717, 1.165) is 11.5 Å². The Morgan fingerprint density at radius 3 is 2.53 bits per heavy atom. The smallest absolute Gasteiger partial charge is 0.218 e. The molecule has 15 heavy (non-hydrogen) atoms. The molecule has 0 bridgehead atoms. The SMILES string of the molecule is Cc1ccccc1C1=NC(C)(C)C(Br)O1. The molecule has 1 aliphatic rings. The monoisotopic (exact) mass is 267 g/mol. The largest absolute Gasteiger partial charge is 0.460 e. The van der Waals surface area contributed by atoms with Crippen molar-refractivity contribution >= 4 is 21.8 Å². The van der Waals surface area contributed by atoms with Gasteiger partial charge in [0.1, 0.15) is 5.54 Å². The van der Waals surface area contributed by atoms with Crippen molar-refractivity contribution in [1.29, 1.82) is 0 Å². The van der Waals surface area contributed by atoms with E-state index in [1.54, 1.807) is 0 Å². The van der Waals surface area contributed by atoms with Crippen LogP contribution in [0.25, 0.3) is 0 Å². The molecule has 0 radical (unpaired) electrons. The van der Waals surface area contributed by atoms with Crippen molar-refractivity contribution in [3.8, 4) is 0 Å². The molecule has 1 unspecified atom stereocenters. The molecule has 0 saturated heterocycles. The second kappa shape index (κ2) is 3.63. The van der Waals surface area contributed by atoms with Crippen LogP contribution in [-0.2, 0) is 4.74 Å². The number of hydrogen-bond acceptors (Lipinski definition) is 2. The van der Waals surface area contributed by atoms with E-state index in [4.69, 9.17) is 4.74 Å². The summed E-state index contributed by atoms with van der Waals surface area (Å²) in [7, 11) is 0. The summed E-state index contributed by atoms with van der Waals surface area (Å²) in [5.41, 5.74) is 2.07. The molecule has 1 aromatic rings. The quantitative estimate of drug-likeness (QED) is 0.716. The van der Waals surface area contributed by atoms with Crippen LogP contribution in [0.1, 0.15) is 25.0 Å². The lowest BCUT2D eigenvalue weighted by molar-refractivity contribution is 0.250. The number of nitrogens with zero attached hydrogens (tertiary/aromatic N) is 1. The van der Waals surface area contributed by atoms with Crippen molar-refractivity contribution in [2.45, 2.75) is 31.3 Å². The van der Waals surface area contributed by atoms with E-state index in [1.807, 2.05) is 18.2 Å². The number of halogens is 1. The lowest BCUT2D eigenvalue weighted by atomic mass is 10.1. The molecule has 3 heteroatoms. The average Bonchev–Trinajstić information content (AvgIpc) is 2.42. The molecule has 1 atom stereocenters. The molecule has 0 saturated carbocycles. The first kappa shape index (κ1) is 10.7. The van der Waals surface area contributed by atoms with E-state index in [1.165, 1.54) is 5.56 Å². The Kier molecular flexibility index (Phi) is 2.59. The van der Waals surface area contributed by atoms with Crippen LogP contribution in [0.3, 0.4) is 0 Å². The summed E-state index contributed by atoms with van der Waals surface area (Å²) in [6, 6.07) is 8.12. The van der Waals surface area contributed by atoms with Crippen LogP contribution >= 0.6 is 15.9 Å². The van der Waals surface area contributed by atoms with Gasteiger partial charge in [-0.3, -0.25) is 0 Å². The Hall–Kier alpha value is -0.830. The standard InChI is InChI=1S/C12H14BrNO/c1-8-6-4-5-7-9(8)10-14-12(2,3)11(13)15-10/h4-7,11H,1-3H3. The van der Waals surface area contributed by atoms with Gasteiger partial charge in [0.2, 0.25) is 5.90 Å². The van der Waals surface area contributed by atoms with Crippen molar-refractivity contribution < 1.29 is 4.74 Å². The molecular weight excluding hydrogens is 254 g/mol. The van der Waals surface area contributed by atoms with Gasteiger partial charge in [-0.2, -0.15) is 0 Å². The van der Waals surface area contributed by atoms with Crippen LogP contribution in [0.4, 0.5) is 0 Å². The Bertz CT molecular complexity index is 412. The van der Waals surface area contributed by atoms with Gasteiger partial charge in [-0.25, -0.2) is 4.99 Å². The van der Waals surface area contributed by atoms with Crippen LogP contribution < -0.4 is 0 Å². The molecule has 0 aromatic heterocycles. The minimum absolute atomic E-state index is 0.0420. The normalized spacial score (nSPS) is 23.5. The topological polar surface area (TPSA) is 21.6 Å². The minimum atomic E-state index is -0.197. The maximum atomic E-state index is 5.71.